The lowest BCUT2D eigenvalue weighted by Crippen LogP contribution is -2.50. The van der Waals surface area contributed by atoms with Crippen molar-refractivity contribution >= 4 is 77.3 Å². The molecule has 1 fully saturated rings. The van der Waals surface area contributed by atoms with E-state index in [0.29, 0.717) is 14.5 Å². The second-order valence-electron chi connectivity index (χ2n) is 8.25. The summed E-state index contributed by atoms with van der Waals surface area (Å²) in [5.41, 5.74) is -1.08. The van der Waals surface area contributed by atoms with Crippen LogP contribution >= 0.6 is 59.4 Å². The number of amides is 2. The number of allylic oxidation sites excluding steroid dienone is 1. The van der Waals surface area contributed by atoms with Crippen LogP contribution < -0.4 is 10.6 Å². The first kappa shape index (κ1) is 30.0. The molecule has 0 aromatic heterocycles. The Bertz CT molecular complexity index is 1220. The highest BCUT2D eigenvalue weighted by Gasteiger charge is 2.52. The fourth-order valence-electron chi connectivity index (χ4n) is 3.36. The first-order valence-corrected chi connectivity index (χ1v) is 13.1. The molecule has 2 aromatic carbocycles. The highest BCUT2D eigenvalue weighted by molar-refractivity contribution is 9.11. The molecule has 200 valence electrons. The molecule has 0 aliphatic heterocycles. The van der Waals surface area contributed by atoms with Crippen molar-refractivity contribution in [2.24, 2.45) is 0 Å². The van der Waals surface area contributed by atoms with Crippen molar-refractivity contribution < 1.29 is 35.9 Å². The highest BCUT2D eigenvalue weighted by atomic mass is 79.9. The van der Waals surface area contributed by atoms with Crippen LogP contribution in [0.15, 0.2) is 49.8 Å². The van der Waals surface area contributed by atoms with Crippen LogP contribution in [0, 0.1) is 0 Å². The van der Waals surface area contributed by atoms with Gasteiger partial charge in [-0.25, -0.2) is 0 Å². The molecule has 1 saturated carbocycles. The first-order valence-electron chi connectivity index (χ1n) is 10.4. The van der Waals surface area contributed by atoms with Crippen molar-refractivity contribution in [3.63, 3.8) is 0 Å². The highest BCUT2D eigenvalue weighted by Crippen LogP contribution is 2.41. The summed E-state index contributed by atoms with van der Waals surface area (Å²) in [5.74, 6) is -3.61. The number of halogens is 10. The van der Waals surface area contributed by atoms with E-state index in [4.69, 9.17) is 11.6 Å². The minimum atomic E-state index is -4.61. The lowest BCUT2D eigenvalue weighted by molar-refractivity contribution is -0.140. The van der Waals surface area contributed by atoms with Gasteiger partial charge < -0.3 is 10.6 Å². The molecule has 1 unspecified atom stereocenters. The smallest absolute Gasteiger partial charge is 0.345 e. The molecule has 1 aliphatic carbocycles. The number of benzene rings is 2. The molecule has 2 N–H and O–H groups in total. The van der Waals surface area contributed by atoms with E-state index in [1.54, 1.807) is 5.32 Å². The predicted molar refractivity (Wildman–Crippen MR) is 137 cm³/mol. The van der Waals surface area contributed by atoms with Gasteiger partial charge >= 0.3 is 12.4 Å². The summed E-state index contributed by atoms with van der Waals surface area (Å²) in [6.07, 6.45) is -6.63. The molecule has 2 aromatic rings. The lowest BCUT2D eigenvalue weighted by Gasteiger charge is -2.19. The molecule has 0 radical (unpaired) electrons. The molecule has 1 aliphatic rings. The topological polar surface area (TPSA) is 58.2 Å². The summed E-state index contributed by atoms with van der Waals surface area (Å²) >= 11 is 15.5. The molecule has 0 saturated heterocycles. The largest absolute Gasteiger partial charge is 0.405 e. The molecule has 3 rings (SSSR count). The maximum atomic E-state index is 13.8. The molecule has 1 atom stereocenters. The van der Waals surface area contributed by atoms with E-state index in [-0.39, 0.29) is 33.5 Å². The molecule has 0 bridgehead atoms. The van der Waals surface area contributed by atoms with Crippen LogP contribution in [0.4, 0.5) is 26.3 Å². The molecule has 14 heteroatoms. The van der Waals surface area contributed by atoms with Gasteiger partial charge in [-0.2, -0.15) is 26.3 Å². The van der Waals surface area contributed by atoms with Crippen LogP contribution in [0.5, 0.6) is 0 Å². The fraction of sp³-hybridized carbons (Fsp3) is 0.304. The number of carbonyl (C=O) groups is 2. The van der Waals surface area contributed by atoms with Gasteiger partial charge in [0.1, 0.15) is 12.1 Å². The van der Waals surface area contributed by atoms with E-state index in [9.17, 15) is 35.9 Å². The minimum absolute atomic E-state index is 0.0551. The molecule has 0 heterocycles. The third-order valence-electron chi connectivity index (χ3n) is 5.42. The Labute approximate surface area is 237 Å². The number of hydrogen-bond acceptors (Lipinski definition) is 2. The second kappa shape index (κ2) is 11.3. The van der Waals surface area contributed by atoms with Crippen LogP contribution in [0.25, 0.3) is 6.08 Å². The van der Waals surface area contributed by atoms with Crippen molar-refractivity contribution in [1.82, 2.24) is 10.6 Å². The summed E-state index contributed by atoms with van der Waals surface area (Å²) < 4.78 is 79.3. The Balaban J connectivity index is 1.76. The molecule has 4 nitrogen and oxygen atoms in total. The third-order valence-corrected chi connectivity index (χ3v) is 8.19. The summed E-state index contributed by atoms with van der Waals surface area (Å²) in [5, 5.41) is 4.45. The molecule has 2 amide bonds. The van der Waals surface area contributed by atoms with Crippen LogP contribution in [0.1, 0.15) is 40.2 Å². The zero-order chi connectivity index (χ0) is 27.8. The number of alkyl halides is 6. The zero-order valence-corrected chi connectivity index (χ0v) is 23.9. The Kier molecular flexibility index (Phi) is 9.13. The van der Waals surface area contributed by atoms with Gasteiger partial charge in [0.25, 0.3) is 5.91 Å². The van der Waals surface area contributed by atoms with Gasteiger partial charge in [0.05, 0.1) is 16.5 Å². The monoisotopic (exact) mass is 738 g/mol. The molecule has 37 heavy (non-hydrogen) atoms. The van der Waals surface area contributed by atoms with Crippen molar-refractivity contribution in [1.29, 1.82) is 0 Å². The number of carbonyl (C=O) groups excluding carboxylic acids is 2. The van der Waals surface area contributed by atoms with E-state index in [0.717, 1.165) is 6.08 Å². The van der Waals surface area contributed by atoms with Crippen molar-refractivity contribution in [3.05, 3.63) is 71.5 Å². The van der Waals surface area contributed by atoms with E-state index in [2.05, 4.69) is 53.1 Å². The van der Waals surface area contributed by atoms with Crippen LogP contribution in [-0.4, -0.2) is 36.3 Å². The van der Waals surface area contributed by atoms with Gasteiger partial charge in [-0.05, 0) is 96.0 Å². The van der Waals surface area contributed by atoms with E-state index >= 15 is 0 Å². The van der Waals surface area contributed by atoms with Gasteiger partial charge in [-0.3, -0.25) is 9.59 Å². The quantitative estimate of drug-likeness (QED) is 0.224. The van der Waals surface area contributed by atoms with Gasteiger partial charge in [0, 0.05) is 13.4 Å². The maximum Gasteiger partial charge on any atom is 0.405 e. The molecule has 0 spiro atoms. The fourth-order valence-corrected chi connectivity index (χ4v) is 5.27. The van der Waals surface area contributed by atoms with E-state index in [1.165, 1.54) is 36.4 Å². The zero-order valence-electron chi connectivity index (χ0n) is 18.3. The standard InChI is InChI=1S/C23H16Br3ClF6N2O2/c24-15-7-11(2-4-14(23(31,32)33)12-8-16(25)18(27)17(26)9-12)1-3-13(15)19(36)35-21(5-6-21)20(37)34-10-22(28,29)30/h1-4,7-9,14H,5-6,10H2,(H,34,37)(H,35,36)/b4-2+. The molecular formula is C23H16Br3ClF6N2O2. The normalized spacial score (nSPS) is 15.9. The number of hydrogen-bond donors (Lipinski definition) is 2. The van der Waals surface area contributed by atoms with Gasteiger partial charge in [-0.15, -0.1) is 0 Å². The van der Waals surface area contributed by atoms with Gasteiger partial charge in [0.15, 0.2) is 0 Å². The average molecular weight is 742 g/mol. The first-order chi connectivity index (χ1) is 17.0. The summed E-state index contributed by atoms with van der Waals surface area (Å²) in [6.45, 7) is -1.52. The Morgan fingerprint density at radius 3 is 2.08 bits per heavy atom. The lowest BCUT2D eigenvalue weighted by atomic mass is 9.97. The minimum Gasteiger partial charge on any atom is -0.345 e. The van der Waals surface area contributed by atoms with Crippen molar-refractivity contribution in [2.75, 3.05) is 6.54 Å². The summed E-state index contributed by atoms with van der Waals surface area (Å²) in [4.78, 5) is 24.8. The van der Waals surface area contributed by atoms with Gasteiger partial charge in [0.2, 0.25) is 5.91 Å². The number of nitrogens with one attached hydrogen (secondary N) is 2. The van der Waals surface area contributed by atoms with Gasteiger partial charge in [-0.1, -0.05) is 29.8 Å². The van der Waals surface area contributed by atoms with E-state index < -0.39 is 42.2 Å². The van der Waals surface area contributed by atoms with Crippen molar-refractivity contribution in [2.45, 2.75) is 36.7 Å². The third kappa shape index (κ3) is 7.73. The van der Waals surface area contributed by atoms with Crippen LogP contribution in [-0.2, 0) is 4.79 Å². The molecular weight excluding hydrogens is 725 g/mol. The van der Waals surface area contributed by atoms with E-state index in [1.807, 2.05) is 0 Å². The predicted octanol–water partition coefficient (Wildman–Crippen LogP) is 7.93. The second-order valence-corrected chi connectivity index (χ2v) is 11.2. The SMILES string of the molecule is O=C(NC1(C(=O)NCC(F)(F)F)CC1)c1ccc(/C=C/C(c2cc(Br)c(Cl)c(Br)c2)C(F)(F)F)cc1Br. The maximum absolute atomic E-state index is 13.8. The Morgan fingerprint density at radius 1 is 1.00 bits per heavy atom. The van der Waals surface area contributed by atoms with Crippen molar-refractivity contribution in [3.8, 4) is 0 Å². The van der Waals surface area contributed by atoms with Crippen LogP contribution in [0.2, 0.25) is 5.02 Å². The average Bonchev–Trinajstić information content (AvgIpc) is 3.55. The number of rotatable bonds is 7. The summed E-state index contributed by atoms with van der Waals surface area (Å²) in [7, 11) is 0. The Morgan fingerprint density at radius 2 is 1.59 bits per heavy atom. The Hall–Kier alpha value is -1.57. The summed E-state index contributed by atoms with van der Waals surface area (Å²) in [6, 6.07) is 6.70. The van der Waals surface area contributed by atoms with Crippen LogP contribution in [0.3, 0.4) is 0 Å².